The average molecular weight is 157 g/mol. The molecule has 0 spiro atoms. The first-order valence-electron chi connectivity index (χ1n) is 3.06. The molecule has 0 N–H and O–H groups in total. The van der Waals surface area contributed by atoms with Gasteiger partial charge in [0.2, 0.25) is 0 Å². The highest BCUT2D eigenvalue weighted by atomic mass is 16.5. The van der Waals surface area contributed by atoms with Crippen LogP contribution in [-0.4, -0.2) is 18.5 Å². The van der Waals surface area contributed by atoms with Gasteiger partial charge in [-0.15, -0.1) is 0 Å². The predicted octanol–water partition coefficient (Wildman–Crippen LogP) is -0.754. The van der Waals surface area contributed by atoms with Crippen LogP contribution in [0, 0.1) is 0 Å². The van der Waals surface area contributed by atoms with Gasteiger partial charge in [-0.3, -0.25) is 4.79 Å². The third-order valence-electron chi connectivity index (χ3n) is 0.998. The van der Waals surface area contributed by atoms with E-state index >= 15 is 0 Å². The van der Waals surface area contributed by atoms with Gasteiger partial charge in [-0.2, -0.15) is 0 Å². The molecule has 0 unspecified atom stereocenters. The summed E-state index contributed by atoms with van der Waals surface area (Å²) in [7, 11) is 0. The lowest BCUT2D eigenvalue weighted by Crippen LogP contribution is -2.24. The molecular formula is C7H9O4-. The van der Waals surface area contributed by atoms with Gasteiger partial charge in [0.15, 0.2) is 0 Å². The number of hydrogen-bond acceptors (Lipinski definition) is 4. The summed E-state index contributed by atoms with van der Waals surface area (Å²) in [4.78, 5) is 20.2. The van der Waals surface area contributed by atoms with E-state index in [2.05, 4.69) is 11.3 Å². The summed E-state index contributed by atoms with van der Waals surface area (Å²) in [5, 5.41) is 10.0. The summed E-state index contributed by atoms with van der Waals surface area (Å²) in [6.07, 6.45) is 0.113. The summed E-state index contributed by atoms with van der Waals surface area (Å²) in [6.45, 7) is 4.49. The lowest BCUT2D eigenvalue weighted by molar-refractivity contribution is -0.299. The second-order valence-electron chi connectivity index (χ2n) is 1.98. The molecule has 0 heterocycles. The van der Waals surface area contributed by atoms with Crippen LogP contribution in [0.2, 0.25) is 0 Å². The Labute approximate surface area is 64.5 Å². The van der Waals surface area contributed by atoms with Crippen molar-refractivity contribution in [2.24, 2.45) is 0 Å². The smallest absolute Gasteiger partial charge is 0.302 e. The quantitative estimate of drug-likeness (QED) is 0.397. The van der Waals surface area contributed by atoms with E-state index in [9.17, 15) is 14.7 Å². The van der Waals surface area contributed by atoms with Crippen LogP contribution in [0.3, 0.4) is 0 Å². The van der Waals surface area contributed by atoms with Crippen LogP contribution < -0.4 is 5.11 Å². The minimum atomic E-state index is -1.31. The zero-order valence-electron chi connectivity index (χ0n) is 6.25. The Balaban J connectivity index is 3.47. The molecule has 0 aliphatic carbocycles. The van der Waals surface area contributed by atoms with E-state index in [0.717, 1.165) is 0 Å². The molecule has 4 heteroatoms. The van der Waals surface area contributed by atoms with Crippen LogP contribution >= 0.6 is 0 Å². The van der Waals surface area contributed by atoms with Crippen LogP contribution in [0.15, 0.2) is 12.2 Å². The fraction of sp³-hybridized carbons (Fsp3) is 0.429. The first kappa shape index (κ1) is 9.68. The van der Waals surface area contributed by atoms with E-state index in [1.165, 1.54) is 6.92 Å². The Bertz CT molecular complexity index is 183. The topological polar surface area (TPSA) is 66.4 Å². The summed E-state index contributed by atoms with van der Waals surface area (Å²) >= 11 is 0. The fourth-order valence-electron chi connectivity index (χ4n) is 0.420. The van der Waals surface area contributed by atoms with Crippen LogP contribution in [0.5, 0.6) is 0 Å². The van der Waals surface area contributed by atoms with Gasteiger partial charge in [0.1, 0.15) is 0 Å². The normalized spacial score (nSPS) is 8.82. The Morgan fingerprint density at radius 3 is 2.45 bits per heavy atom. The lowest BCUT2D eigenvalue weighted by atomic mass is 10.2. The maximum Gasteiger partial charge on any atom is 0.302 e. The van der Waals surface area contributed by atoms with Crippen molar-refractivity contribution < 1.29 is 19.4 Å². The molecule has 62 valence electrons. The van der Waals surface area contributed by atoms with Crippen LogP contribution in [-0.2, 0) is 14.3 Å². The molecule has 0 amide bonds. The van der Waals surface area contributed by atoms with Crippen LogP contribution in [0.4, 0.5) is 0 Å². The summed E-state index contributed by atoms with van der Waals surface area (Å²) in [6, 6.07) is 0. The highest BCUT2D eigenvalue weighted by Crippen LogP contribution is 1.95. The van der Waals surface area contributed by atoms with Gasteiger partial charge < -0.3 is 14.6 Å². The Morgan fingerprint density at radius 1 is 1.55 bits per heavy atom. The highest BCUT2D eigenvalue weighted by Gasteiger charge is 1.96. The highest BCUT2D eigenvalue weighted by molar-refractivity contribution is 5.83. The molecule has 0 aromatic rings. The molecule has 0 fully saturated rings. The number of hydrogen-bond donors (Lipinski definition) is 0. The molecule has 11 heavy (non-hydrogen) atoms. The summed E-state index contributed by atoms with van der Waals surface area (Å²) in [5.74, 6) is -1.74. The van der Waals surface area contributed by atoms with E-state index in [4.69, 9.17) is 0 Å². The molecule has 0 saturated carbocycles. The van der Waals surface area contributed by atoms with E-state index in [1.807, 2.05) is 0 Å². The summed E-state index contributed by atoms with van der Waals surface area (Å²) in [5.41, 5.74) is -0.0637. The maximum absolute atomic E-state index is 10.2. The number of carboxylic acid groups (broad SMARTS) is 1. The first-order chi connectivity index (χ1) is 5.04. The second kappa shape index (κ2) is 4.49. The van der Waals surface area contributed by atoms with Crippen molar-refractivity contribution in [1.82, 2.24) is 0 Å². The third kappa shape index (κ3) is 5.14. The number of rotatable bonds is 4. The van der Waals surface area contributed by atoms with Gasteiger partial charge >= 0.3 is 5.97 Å². The number of ether oxygens (including phenoxy) is 1. The molecule has 0 saturated heterocycles. The van der Waals surface area contributed by atoms with Crippen LogP contribution in [0.1, 0.15) is 13.3 Å². The van der Waals surface area contributed by atoms with Gasteiger partial charge in [0, 0.05) is 13.3 Å². The molecule has 4 nitrogen and oxygen atoms in total. The van der Waals surface area contributed by atoms with Crippen molar-refractivity contribution in [3.63, 3.8) is 0 Å². The number of carboxylic acids is 1. The van der Waals surface area contributed by atoms with Gasteiger partial charge in [0.05, 0.1) is 12.6 Å². The fourth-order valence-corrected chi connectivity index (χ4v) is 0.420. The molecule has 0 aliphatic heterocycles. The Hall–Kier alpha value is -1.32. The Kier molecular flexibility index (Phi) is 3.95. The number of aliphatic carboxylic acids is 1. The Morgan fingerprint density at radius 2 is 2.09 bits per heavy atom. The zero-order chi connectivity index (χ0) is 8.85. The second-order valence-corrected chi connectivity index (χ2v) is 1.98. The van der Waals surface area contributed by atoms with E-state index in [-0.39, 0.29) is 18.6 Å². The van der Waals surface area contributed by atoms with Crippen LogP contribution in [0.25, 0.3) is 0 Å². The number of carbonyl (C=O) groups excluding carboxylic acids is 2. The molecule has 0 aliphatic rings. The first-order valence-corrected chi connectivity index (χ1v) is 3.06. The standard InChI is InChI=1S/C7H10O4/c1-5(7(9)10)3-4-11-6(2)8/h1,3-4H2,2H3,(H,9,10)/p-1. The minimum Gasteiger partial charge on any atom is -0.545 e. The van der Waals surface area contributed by atoms with Crippen molar-refractivity contribution >= 4 is 11.9 Å². The number of esters is 1. The van der Waals surface area contributed by atoms with Gasteiger partial charge in [-0.05, 0) is 5.57 Å². The zero-order valence-corrected chi connectivity index (χ0v) is 6.25. The van der Waals surface area contributed by atoms with Gasteiger partial charge in [0.25, 0.3) is 0 Å². The van der Waals surface area contributed by atoms with Gasteiger partial charge in [-0.1, -0.05) is 6.58 Å². The largest absolute Gasteiger partial charge is 0.545 e. The van der Waals surface area contributed by atoms with E-state index in [0.29, 0.717) is 0 Å². The van der Waals surface area contributed by atoms with Crippen molar-refractivity contribution in [2.45, 2.75) is 13.3 Å². The van der Waals surface area contributed by atoms with Crippen molar-refractivity contribution in [1.29, 1.82) is 0 Å². The molecule has 0 radical (unpaired) electrons. The molecule has 0 aromatic carbocycles. The third-order valence-corrected chi connectivity index (χ3v) is 0.998. The molecule has 0 bridgehead atoms. The van der Waals surface area contributed by atoms with E-state index < -0.39 is 11.9 Å². The monoisotopic (exact) mass is 157 g/mol. The predicted molar refractivity (Wildman–Crippen MR) is 35.4 cm³/mol. The maximum atomic E-state index is 10.2. The molecular weight excluding hydrogens is 148 g/mol. The lowest BCUT2D eigenvalue weighted by Gasteiger charge is -2.05. The molecule has 0 aromatic heterocycles. The number of carbonyl (C=O) groups is 2. The molecule has 0 atom stereocenters. The van der Waals surface area contributed by atoms with Crippen molar-refractivity contribution in [3.8, 4) is 0 Å². The van der Waals surface area contributed by atoms with Crippen molar-refractivity contribution in [2.75, 3.05) is 6.61 Å². The minimum absolute atomic E-state index is 0.0438. The molecule has 0 rings (SSSR count). The van der Waals surface area contributed by atoms with Crippen molar-refractivity contribution in [3.05, 3.63) is 12.2 Å². The average Bonchev–Trinajstić information content (AvgIpc) is 1.86. The van der Waals surface area contributed by atoms with Gasteiger partial charge in [-0.25, -0.2) is 0 Å². The van der Waals surface area contributed by atoms with E-state index in [1.54, 1.807) is 0 Å². The SMILES string of the molecule is C=C(CCOC(C)=O)C(=O)[O-]. The summed E-state index contributed by atoms with van der Waals surface area (Å²) < 4.78 is 4.47.